The number of H-pyrrole nitrogens is 1. The summed E-state index contributed by atoms with van der Waals surface area (Å²) in [5.74, 6) is 1.22. The van der Waals surface area contributed by atoms with Gasteiger partial charge in [0, 0.05) is 35.9 Å². The summed E-state index contributed by atoms with van der Waals surface area (Å²) in [4.78, 5) is 24.6. The van der Waals surface area contributed by atoms with Gasteiger partial charge in [-0.1, -0.05) is 18.6 Å². The summed E-state index contributed by atoms with van der Waals surface area (Å²) in [6, 6.07) is 4.33. The van der Waals surface area contributed by atoms with Crippen LogP contribution in [0.1, 0.15) is 64.2 Å². The van der Waals surface area contributed by atoms with Gasteiger partial charge in [-0.2, -0.15) is 0 Å². The lowest BCUT2D eigenvalue weighted by atomic mass is 10.0. The van der Waals surface area contributed by atoms with E-state index < -0.39 is 0 Å². The van der Waals surface area contributed by atoms with Crippen molar-refractivity contribution in [1.29, 1.82) is 0 Å². The molecule has 0 radical (unpaired) electrons. The Kier molecular flexibility index (Phi) is 4.23. The van der Waals surface area contributed by atoms with Gasteiger partial charge in [-0.15, -0.1) is 0 Å². The van der Waals surface area contributed by atoms with Gasteiger partial charge in [0.2, 0.25) is 0 Å². The van der Waals surface area contributed by atoms with Crippen LogP contribution in [0.15, 0.2) is 24.5 Å². The van der Waals surface area contributed by atoms with E-state index in [1.165, 1.54) is 22.2 Å². The van der Waals surface area contributed by atoms with E-state index in [0.29, 0.717) is 18.0 Å². The zero-order valence-electron chi connectivity index (χ0n) is 15.5. The molecule has 5 heteroatoms. The average Bonchev–Trinajstić information content (AvgIpc) is 3.45. The fraction of sp³-hybridized carbons (Fsp3) is 0.381. The molecule has 1 aromatic carbocycles. The van der Waals surface area contributed by atoms with E-state index in [9.17, 15) is 4.79 Å². The molecule has 1 fully saturated rings. The molecule has 5 nitrogen and oxygen atoms in total. The van der Waals surface area contributed by atoms with Gasteiger partial charge in [-0.3, -0.25) is 4.79 Å². The zero-order chi connectivity index (χ0) is 18.3. The molecule has 1 amide bonds. The fourth-order valence-corrected chi connectivity index (χ4v) is 3.49. The first-order valence-electron chi connectivity index (χ1n) is 9.27. The van der Waals surface area contributed by atoms with Crippen LogP contribution in [-0.4, -0.2) is 20.9 Å². The molecule has 1 aliphatic rings. The van der Waals surface area contributed by atoms with Gasteiger partial charge in [0.1, 0.15) is 5.82 Å². The second-order valence-electron chi connectivity index (χ2n) is 7.22. The normalized spacial score (nSPS) is 14.0. The average molecular weight is 348 g/mol. The first kappa shape index (κ1) is 16.8. The molecule has 0 bridgehead atoms. The quantitative estimate of drug-likeness (QED) is 0.733. The van der Waals surface area contributed by atoms with E-state index in [1.54, 1.807) is 12.4 Å². The van der Waals surface area contributed by atoms with Crippen LogP contribution in [-0.2, 0) is 13.0 Å². The molecule has 1 saturated carbocycles. The number of nitrogens with one attached hydrogen (secondary N) is 2. The maximum Gasteiger partial charge on any atom is 0.254 e. The lowest BCUT2D eigenvalue weighted by Gasteiger charge is -2.08. The first-order chi connectivity index (χ1) is 12.6. The van der Waals surface area contributed by atoms with Crippen molar-refractivity contribution in [3.05, 3.63) is 58.3 Å². The number of hydrogen-bond donors (Lipinski definition) is 2. The molecule has 0 saturated heterocycles. The first-order valence-corrected chi connectivity index (χ1v) is 9.27. The highest BCUT2D eigenvalue weighted by atomic mass is 16.1. The molecule has 2 heterocycles. The number of aryl methyl sites for hydroxylation is 3. The lowest BCUT2D eigenvalue weighted by molar-refractivity contribution is 0.0950. The molecule has 0 spiro atoms. The third-order valence-corrected chi connectivity index (χ3v) is 5.17. The van der Waals surface area contributed by atoms with Crippen molar-refractivity contribution in [1.82, 2.24) is 20.3 Å². The van der Waals surface area contributed by atoms with E-state index in [4.69, 9.17) is 0 Å². The molecule has 2 aromatic heterocycles. The summed E-state index contributed by atoms with van der Waals surface area (Å²) in [7, 11) is 0. The molecule has 0 atom stereocenters. The Balaban J connectivity index is 1.54. The van der Waals surface area contributed by atoms with Gasteiger partial charge in [0.15, 0.2) is 0 Å². The van der Waals surface area contributed by atoms with Crippen molar-refractivity contribution in [3.63, 3.8) is 0 Å². The molecule has 26 heavy (non-hydrogen) atoms. The van der Waals surface area contributed by atoms with Crippen LogP contribution < -0.4 is 5.32 Å². The van der Waals surface area contributed by atoms with Crippen LogP contribution >= 0.6 is 0 Å². The van der Waals surface area contributed by atoms with E-state index in [2.05, 4.69) is 53.2 Å². The molecule has 0 unspecified atom stereocenters. The van der Waals surface area contributed by atoms with Gasteiger partial charge in [-0.25, -0.2) is 9.97 Å². The summed E-state index contributed by atoms with van der Waals surface area (Å²) in [6.07, 6.45) is 6.55. The monoisotopic (exact) mass is 348 g/mol. The highest BCUT2D eigenvalue weighted by Gasteiger charge is 2.26. The maximum atomic E-state index is 12.5. The number of hydrogen-bond acceptors (Lipinski definition) is 3. The largest absolute Gasteiger partial charge is 0.358 e. The topological polar surface area (TPSA) is 70.7 Å². The van der Waals surface area contributed by atoms with Crippen molar-refractivity contribution in [2.75, 3.05) is 0 Å². The van der Waals surface area contributed by atoms with Crippen molar-refractivity contribution >= 4 is 16.8 Å². The summed E-state index contributed by atoms with van der Waals surface area (Å²) in [5.41, 5.74) is 6.47. The Morgan fingerprint density at radius 2 is 1.96 bits per heavy atom. The minimum absolute atomic E-state index is 0.138. The molecular weight excluding hydrogens is 324 g/mol. The molecule has 3 aromatic rings. The molecule has 134 valence electrons. The van der Waals surface area contributed by atoms with E-state index in [-0.39, 0.29) is 5.91 Å². The standard InChI is InChI=1S/C21H24N4O/c1-4-18-13(3)17-8-12(2)7-15(19(17)25-18)9-24-21(26)16-10-22-20(23-11-16)14-5-6-14/h7-8,10-11,14,25H,4-6,9H2,1-3H3,(H,24,26). The number of benzene rings is 1. The van der Waals surface area contributed by atoms with Gasteiger partial charge < -0.3 is 10.3 Å². The highest BCUT2D eigenvalue weighted by Crippen LogP contribution is 2.37. The van der Waals surface area contributed by atoms with Crippen LogP contribution in [0.3, 0.4) is 0 Å². The van der Waals surface area contributed by atoms with Crippen LogP contribution in [0.2, 0.25) is 0 Å². The maximum absolute atomic E-state index is 12.5. The summed E-state index contributed by atoms with van der Waals surface area (Å²) in [5, 5.41) is 4.25. The minimum atomic E-state index is -0.138. The van der Waals surface area contributed by atoms with Gasteiger partial charge in [0.05, 0.1) is 11.1 Å². The SMILES string of the molecule is CCc1[nH]c2c(CNC(=O)c3cnc(C4CC4)nc3)cc(C)cc2c1C. The van der Waals surface area contributed by atoms with Gasteiger partial charge in [0.25, 0.3) is 5.91 Å². The molecule has 4 rings (SSSR count). The number of fused-ring (bicyclic) bond motifs is 1. The molecule has 2 N–H and O–H groups in total. The predicted molar refractivity (Wildman–Crippen MR) is 102 cm³/mol. The second kappa shape index (κ2) is 6.56. The van der Waals surface area contributed by atoms with Gasteiger partial charge in [-0.05, 0) is 50.3 Å². The summed E-state index contributed by atoms with van der Waals surface area (Å²) >= 11 is 0. The summed E-state index contributed by atoms with van der Waals surface area (Å²) < 4.78 is 0. The van der Waals surface area contributed by atoms with Crippen LogP contribution in [0.5, 0.6) is 0 Å². The Bertz CT molecular complexity index is 968. The molecule has 1 aliphatic carbocycles. The third-order valence-electron chi connectivity index (χ3n) is 5.17. The van der Waals surface area contributed by atoms with Crippen LogP contribution in [0, 0.1) is 13.8 Å². The van der Waals surface area contributed by atoms with Crippen LogP contribution in [0.4, 0.5) is 0 Å². The number of aromatic amines is 1. The Morgan fingerprint density at radius 3 is 2.62 bits per heavy atom. The molecular formula is C21H24N4O. The number of rotatable bonds is 5. The smallest absolute Gasteiger partial charge is 0.254 e. The van der Waals surface area contributed by atoms with Crippen LogP contribution in [0.25, 0.3) is 10.9 Å². The molecule has 0 aliphatic heterocycles. The number of nitrogens with zero attached hydrogens (tertiary/aromatic N) is 2. The number of carbonyl (C=O) groups excluding carboxylic acids is 1. The minimum Gasteiger partial charge on any atom is -0.358 e. The third kappa shape index (κ3) is 3.09. The van der Waals surface area contributed by atoms with Crippen molar-refractivity contribution in [2.45, 2.75) is 52.5 Å². The van der Waals surface area contributed by atoms with Crippen molar-refractivity contribution in [3.8, 4) is 0 Å². The summed E-state index contributed by atoms with van der Waals surface area (Å²) in [6.45, 7) is 6.87. The highest BCUT2D eigenvalue weighted by molar-refractivity contribution is 5.94. The van der Waals surface area contributed by atoms with E-state index in [1.807, 2.05) is 0 Å². The lowest BCUT2D eigenvalue weighted by Crippen LogP contribution is -2.23. The number of aromatic nitrogens is 3. The Hall–Kier alpha value is -2.69. The van der Waals surface area contributed by atoms with Gasteiger partial charge >= 0.3 is 0 Å². The predicted octanol–water partition coefficient (Wildman–Crippen LogP) is 3.94. The van der Waals surface area contributed by atoms with E-state index in [0.717, 1.165) is 36.2 Å². The van der Waals surface area contributed by atoms with Crippen molar-refractivity contribution < 1.29 is 4.79 Å². The second-order valence-corrected chi connectivity index (χ2v) is 7.22. The zero-order valence-corrected chi connectivity index (χ0v) is 15.5. The number of amides is 1. The number of carbonyl (C=O) groups is 1. The Morgan fingerprint density at radius 1 is 1.23 bits per heavy atom. The van der Waals surface area contributed by atoms with Crippen molar-refractivity contribution in [2.24, 2.45) is 0 Å². The fourth-order valence-electron chi connectivity index (χ4n) is 3.49. The van der Waals surface area contributed by atoms with E-state index >= 15 is 0 Å². The Labute approximate surface area is 153 Å².